The van der Waals surface area contributed by atoms with E-state index in [2.05, 4.69) is 14.9 Å². The molecule has 0 radical (unpaired) electrons. The summed E-state index contributed by atoms with van der Waals surface area (Å²) in [6.45, 7) is 1.73. The summed E-state index contributed by atoms with van der Waals surface area (Å²) in [6.07, 6.45) is 2.76. The van der Waals surface area contributed by atoms with Gasteiger partial charge in [-0.2, -0.15) is 8.42 Å². The van der Waals surface area contributed by atoms with Crippen LogP contribution in [0.5, 0.6) is 0 Å². The van der Waals surface area contributed by atoms with Crippen LogP contribution in [0.3, 0.4) is 0 Å². The number of rotatable bonds is 4. The molecule has 8 nitrogen and oxygen atoms in total. The Bertz CT molecular complexity index is 795. The smallest absolute Gasteiger partial charge is 0.280 e. The first-order chi connectivity index (χ1) is 9.85. The van der Waals surface area contributed by atoms with Crippen LogP contribution in [0.2, 0.25) is 0 Å². The molecule has 112 valence electrons. The van der Waals surface area contributed by atoms with Gasteiger partial charge in [-0.3, -0.25) is 4.72 Å². The lowest BCUT2D eigenvalue weighted by atomic mass is 10.1. The van der Waals surface area contributed by atoms with Gasteiger partial charge in [0.15, 0.2) is 10.9 Å². The molecule has 0 unspecified atom stereocenters. The largest absolute Gasteiger partial charge is 0.409 e. The van der Waals surface area contributed by atoms with Crippen LogP contribution >= 0.6 is 0 Å². The van der Waals surface area contributed by atoms with Crippen molar-refractivity contribution in [2.45, 2.75) is 11.9 Å². The van der Waals surface area contributed by atoms with Crippen molar-refractivity contribution in [2.75, 3.05) is 4.72 Å². The number of nitrogens with one attached hydrogen (secondary N) is 1. The number of sulfonamides is 1. The highest BCUT2D eigenvalue weighted by Crippen LogP contribution is 2.22. The highest BCUT2D eigenvalue weighted by atomic mass is 32.2. The van der Waals surface area contributed by atoms with Gasteiger partial charge in [-0.25, -0.2) is 4.98 Å². The molecule has 0 saturated heterocycles. The first-order valence-electron chi connectivity index (χ1n) is 5.93. The lowest BCUT2D eigenvalue weighted by Gasteiger charge is -2.12. The molecule has 0 amide bonds. The van der Waals surface area contributed by atoms with Crippen molar-refractivity contribution in [1.29, 1.82) is 0 Å². The Kier molecular flexibility index (Phi) is 3.85. The van der Waals surface area contributed by atoms with Crippen molar-refractivity contribution in [2.24, 2.45) is 17.9 Å². The van der Waals surface area contributed by atoms with Crippen molar-refractivity contribution >= 4 is 21.5 Å². The van der Waals surface area contributed by atoms with E-state index in [1.807, 2.05) is 0 Å². The Balaban J connectivity index is 2.47. The van der Waals surface area contributed by atoms with Gasteiger partial charge in [0.2, 0.25) is 0 Å². The van der Waals surface area contributed by atoms with Gasteiger partial charge in [-0.05, 0) is 18.6 Å². The number of aryl methyl sites for hydroxylation is 2. The summed E-state index contributed by atoms with van der Waals surface area (Å²) in [5.41, 5.74) is 6.81. The molecule has 9 heteroatoms. The monoisotopic (exact) mass is 309 g/mol. The molecule has 21 heavy (non-hydrogen) atoms. The minimum Gasteiger partial charge on any atom is -0.409 e. The lowest BCUT2D eigenvalue weighted by Crippen LogP contribution is -2.20. The molecule has 2 rings (SSSR count). The molecule has 0 atom stereocenters. The molecule has 1 aromatic carbocycles. The molecule has 0 aliphatic carbocycles. The first kappa shape index (κ1) is 14.9. The number of oxime groups is 1. The third kappa shape index (κ3) is 2.97. The minimum absolute atomic E-state index is 0.114. The Morgan fingerprint density at radius 1 is 1.48 bits per heavy atom. The SMILES string of the molecule is Cc1cccc(NS(=O)(=O)c2cn(C)cn2)c1/C(N)=N/O. The number of nitrogens with zero attached hydrogens (tertiary/aromatic N) is 3. The topological polar surface area (TPSA) is 123 Å². The van der Waals surface area contributed by atoms with Gasteiger partial charge < -0.3 is 15.5 Å². The van der Waals surface area contributed by atoms with Crippen LogP contribution < -0.4 is 10.5 Å². The number of benzene rings is 1. The predicted molar refractivity (Wildman–Crippen MR) is 77.7 cm³/mol. The average molecular weight is 309 g/mol. The van der Waals surface area contributed by atoms with Crippen molar-refractivity contribution in [3.63, 3.8) is 0 Å². The van der Waals surface area contributed by atoms with Crippen LogP contribution in [0.4, 0.5) is 5.69 Å². The summed E-state index contributed by atoms with van der Waals surface area (Å²) in [6, 6.07) is 4.92. The number of amidine groups is 1. The van der Waals surface area contributed by atoms with Crippen molar-refractivity contribution in [3.05, 3.63) is 41.9 Å². The van der Waals surface area contributed by atoms with Crippen LogP contribution in [-0.2, 0) is 17.1 Å². The van der Waals surface area contributed by atoms with E-state index < -0.39 is 10.0 Å². The first-order valence-corrected chi connectivity index (χ1v) is 7.42. The molecule has 4 N–H and O–H groups in total. The summed E-state index contributed by atoms with van der Waals surface area (Å²) in [5.74, 6) is -0.174. The quantitative estimate of drug-likeness (QED) is 0.331. The molecule has 0 bridgehead atoms. The van der Waals surface area contributed by atoms with Gasteiger partial charge in [-0.1, -0.05) is 17.3 Å². The maximum absolute atomic E-state index is 12.3. The van der Waals surface area contributed by atoms with Gasteiger partial charge in [0.25, 0.3) is 10.0 Å². The van der Waals surface area contributed by atoms with Crippen LogP contribution in [0.25, 0.3) is 0 Å². The predicted octanol–water partition coefficient (Wildman–Crippen LogP) is 0.624. The number of hydrogen-bond acceptors (Lipinski definition) is 5. The molecule has 0 aliphatic heterocycles. The second kappa shape index (κ2) is 5.44. The van der Waals surface area contributed by atoms with Gasteiger partial charge in [0.1, 0.15) is 0 Å². The summed E-state index contributed by atoms with van der Waals surface area (Å²) < 4.78 is 28.4. The second-order valence-electron chi connectivity index (χ2n) is 4.47. The van der Waals surface area contributed by atoms with Gasteiger partial charge >= 0.3 is 0 Å². The summed E-state index contributed by atoms with van der Waals surface area (Å²) in [7, 11) is -2.18. The maximum Gasteiger partial charge on any atom is 0.280 e. The van der Waals surface area contributed by atoms with E-state index in [9.17, 15) is 8.42 Å². The molecule has 0 spiro atoms. The molecular formula is C12H15N5O3S. The minimum atomic E-state index is -3.85. The van der Waals surface area contributed by atoms with Crippen molar-refractivity contribution in [1.82, 2.24) is 9.55 Å². The Hall–Kier alpha value is -2.55. The third-order valence-corrected chi connectivity index (χ3v) is 4.09. The van der Waals surface area contributed by atoms with Gasteiger partial charge in [0, 0.05) is 18.8 Å². The Labute approximate surface area is 122 Å². The zero-order valence-corrected chi connectivity index (χ0v) is 12.3. The second-order valence-corrected chi connectivity index (χ2v) is 6.09. The zero-order chi connectivity index (χ0) is 15.6. The highest BCUT2D eigenvalue weighted by Gasteiger charge is 2.20. The summed E-state index contributed by atoms with van der Waals surface area (Å²) in [4.78, 5) is 3.80. The fraction of sp³-hybridized carbons (Fsp3) is 0.167. The summed E-state index contributed by atoms with van der Waals surface area (Å²) >= 11 is 0. The van der Waals surface area contributed by atoms with Crippen molar-refractivity contribution < 1.29 is 13.6 Å². The van der Waals surface area contributed by atoms with Gasteiger partial charge in [-0.15, -0.1) is 0 Å². The molecule has 1 aromatic heterocycles. The number of anilines is 1. The van der Waals surface area contributed by atoms with Crippen LogP contribution in [0.1, 0.15) is 11.1 Å². The third-order valence-electron chi connectivity index (χ3n) is 2.84. The highest BCUT2D eigenvalue weighted by molar-refractivity contribution is 7.92. The summed E-state index contributed by atoms with van der Waals surface area (Å²) in [5, 5.41) is 11.6. The molecule has 1 heterocycles. The van der Waals surface area contributed by atoms with E-state index in [4.69, 9.17) is 10.9 Å². The maximum atomic E-state index is 12.3. The lowest BCUT2D eigenvalue weighted by molar-refractivity contribution is 0.318. The molecular weight excluding hydrogens is 294 g/mol. The van der Waals surface area contributed by atoms with Crippen LogP contribution in [-0.4, -0.2) is 29.0 Å². The number of hydrogen-bond donors (Lipinski definition) is 3. The fourth-order valence-corrected chi connectivity index (χ4v) is 2.92. The number of imidazole rings is 1. The molecule has 2 aromatic rings. The van der Waals surface area contributed by atoms with E-state index >= 15 is 0 Å². The van der Waals surface area contributed by atoms with Crippen LogP contribution in [0.15, 0.2) is 40.9 Å². The van der Waals surface area contributed by atoms with Crippen LogP contribution in [0, 0.1) is 6.92 Å². The zero-order valence-electron chi connectivity index (χ0n) is 11.5. The fourth-order valence-electron chi connectivity index (χ4n) is 1.87. The standard InChI is InChI=1S/C12H15N5O3S/c1-8-4-3-5-9(11(8)12(13)15-18)16-21(19,20)10-6-17(2)7-14-10/h3-7,16,18H,1-2H3,(H2,13,15). The van der Waals surface area contributed by atoms with E-state index in [-0.39, 0.29) is 16.5 Å². The number of aromatic nitrogens is 2. The number of nitrogens with two attached hydrogens (primary N) is 1. The van der Waals surface area contributed by atoms with E-state index in [1.54, 1.807) is 26.1 Å². The molecule has 0 saturated carbocycles. The molecule has 0 fully saturated rings. The Morgan fingerprint density at radius 3 is 2.76 bits per heavy atom. The normalized spacial score (nSPS) is 12.4. The molecule has 0 aliphatic rings. The van der Waals surface area contributed by atoms with E-state index in [0.29, 0.717) is 11.1 Å². The average Bonchev–Trinajstić information content (AvgIpc) is 2.85. The van der Waals surface area contributed by atoms with E-state index in [1.165, 1.54) is 23.2 Å². The van der Waals surface area contributed by atoms with E-state index in [0.717, 1.165) is 0 Å². The van der Waals surface area contributed by atoms with Crippen molar-refractivity contribution in [3.8, 4) is 0 Å². The Morgan fingerprint density at radius 2 is 2.19 bits per heavy atom. The van der Waals surface area contributed by atoms with Gasteiger partial charge in [0.05, 0.1) is 12.0 Å².